The predicted octanol–water partition coefficient (Wildman–Crippen LogP) is 2.47. The third-order valence-corrected chi connectivity index (χ3v) is 4.35. The highest BCUT2D eigenvalue weighted by Crippen LogP contribution is 2.15. The minimum Gasteiger partial charge on any atom is -0.460 e. The molecular weight excluding hydrogens is 296 g/mol. The van der Waals surface area contributed by atoms with E-state index in [2.05, 4.69) is 0 Å². The maximum atomic E-state index is 11.7. The fourth-order valence-electron chi connectivity index (χ4n) is 2.83. The van der Waals surface area contributed by atoms with Gasteiger partial charge in [-0.05, 0) is 32.3 Å². The van der Waals surface area contributed by atoms with E-state index in [-0.39, 0.29) is 6.10 Å². The molecule has 5 heteroatoms. The number of rotatable bonds is 0. The average Bonchev–Trinajstić information content (AvgIpc) is 2.52. The monoisotopic (exact) mass is 328 g/mol. The van der Waals surface area contributed by atoms with Gasteiger partial charge in [-0.1, -0.05) is 44.9 Å². The fourth-order valence-corrected chi connectivity index (χ4v) is 2.83. The third kappa shape index (κ3) is 9.08. The van der Waals surface area contributed by atoms with E-state index in [1.54, 1.807) is 0 Å². The molecule has 0 aliphatic carbocycles. The first-order chi connectivity index (χ1) is 11.0. The van der Waals surface area contributed by atoms with Gasteiger partial charge in [0.2, 0.25) is 0 Å². The Hall–Kier alpha value is -0.910. The van der Waals surface area contributed by atoms with E-state index in [4.69, 9.17) is 4.74 Å². The zero-order valence-corrected chi connectivity index (χ0v) is 14.2. The summed E-state index contributed by atoms with van der Waals surface area (Å²) in [4.78, 5) is 11.7. The molecule has 0 fully saturated rings. The molecule has 0 unspecified atom stereocenters. The van der Waals surface area contributed by atoms with Gasteiger partial charge >= 0.3 is 5.97 Å². The second kappa shape index (κ2) is 11.6. The molecule has 0 amide bonds. The van der Waals surface area contributed by atoms with Crippen molar-refractivity contribution in [2.75, 3.05) is 0 Å². The van der Waals surface area contributed by atoms with E-state index in [1.807, 2.05) is 6.92 Å². The van der Waals surface area contributed by atoms with Crippen LogP contribution in [-0.4, -0.2) is 45.7 Å². The van der Waals surface area contributed by atoms with Gasteiger partial charge in [-0.25, -0.2) is 4.79 Å². The standard InChI is InChI=1S/C18H32O5/c1-14-10-8-6-4-2-3-5-7-9-11-15(19)18(22)16(20)12-13-17(21)23-14/h12-16,18-20,22H,2-11H2,1H3/b13-12+/t14-,15-,16-,18+/m0/s1. The second-order valence-electron chi connectivity index (χ2n) is 6.56. The zero-order chi connectivity index (χ0) is 17.1. The highest BCUT2D eigenvalue weighted by Gasteiger charge is 2.22. The molecule has 0 saturated heterocycles. The third-order valence-electron chi connectivity index (χ3n) is 4.35. The lowest BCUT2D eigenvalue weighted by molar-refractivity contribution is -0.142. The number of carbonyl (C=O) groups is 1. The van der Waals surface area contributed by atoms with E-state index < -0.39 is 24.3 Å². The Morgan fingerprint density at radius 1 is 0.913 bits per heavy atom. The van der Waals surface area contributed by atoms with Crippen molar-refractivity contribution in [3.8, 4) is 0 Å². The van der Waals surface area contributed by atoms with E-state index in [0.717, 1.165) is 44.6 Å². The van der Waals surface area contributed by atoms with E-state index >= 15 is 0 Å². The van der Waals surface area contributed by atoms with E-state index in [1.165, 1.54) is 25.3 Å². The van der Waals surface area contributed by atoms with Gasteiger partial charge in [0, 0.05) is 6.08 Å². The van der Waals surface area contributed by atoms with Gasteiger partial charge in [0.25, 0.3) is 0 Å². The average molecular weight is 328 g/mol. The molecule has 4 atom stereocenters. The van der Waals surface area contributed by atoms with Crippen molar-refractivity contribution in [2.45, 2.75) is 95.5 Å². The van der Waals surface area contributed by atoms with Crippen LogP contribution in [-0.2, 0) is 9.53 Å². The molecular formula is C18H32O5. The first-order valence-corrected chi connectivity index (χ1v) is 8.93. The number of esters is 1. The van der Waals surface area contributed by atoms with Gasteiger partial charge in [-0.3, -0.25) is 0 Å². The van der Waals surface area contributed by atoms with Crippen molar-refractivity contribution >= 4 is 5.97 Å². The SMILES string of the molecule is C[C@H]1CCCCCCCCCC[C@H](O)[C@@H](O)[C@@H](O)/C=C/C(=O)O1. The summed E-state index contributed by atoms with van der Waals surface area (Å²) in [6.07, 6.45) is 8.70. The van der Waals surface area contributed by atoms with Crippen LogP contribution in [0.1, 0.15) is 71.1 Å². The number of aliphatic hydroxyl groups is 3. The van der Waals surface area contributed by atoms with Gasteiger partial charge < -0.3 is 20.1 Å². The van der Waals surface area contributed by atoms with Crippen molar-refractivity contribution in [3.63, 3.8) is 0 Å². The van der Waals surface area contributed by atoms with Crippen LogP contribution in [0.25, 0.3) is 0 Å². The summed E-state index contributed by atoms with van der Waals surface area (Å²) < 4.78 is 5.23. The quantitative estimate of drug-likeness (QED) is 0.595. The van der Waals surface area contributed by atoms with Crippen molar-refractivity contribution in [3.05, 3.63) is 12.2 Å². The van der Waals surface area contributed by atoms with Crippen LogP contribution >= 0.6 is 0 Å². The maximum Gasteiger partial charge on any atom is 0.330 e. The molecule has 1 rings (SSSR count). The van der Waals surface area contributed by atoms with Crippen molar-refractivity contribution < 1.29 is 24.9 Å². The van der Waals surface area contributed by atoms with Crippen LogP contribution in [0, 0.1) is 0 Å². The molecule has 23 heavy (non-hydrogen) atoms. The van der Waals surface area contributed by atoms with Crippen LogP contribution in [0.4, 0.5) is 0 Å². The van der Waals surface area contributed by atoms with Crippen LogP contribution in [0.3, 0.4) is 0 Å². The highest BCUT2D eigenvalue weighted by atomic mass is 16.5. The number of hydrogen-bond donors (Lipinski definition) is 3. The Labute approximate surface area is 139 Å². The van der Waals surface area contributed by atoms with Gasteiger partial charge in [0.05, 0.1) is 12.2 Å². The molecule has 0 aromatic heterocycles. The minimum absolute atomic E-state index is 0.154. The lowest BCUT2D eigenvalue weighted by Gasteiger charge is -2.21. The largest absolute Gasteiger partial charge is 0.460 e. The fraction of sp³-hybridized carbons (Fsp3) is 0.833. The summed E-state index contributed by atoms with van der Waals surface area (Å²) in [5, 5.41) is 29.6. The molecule has 1 aliphatic rings. The number of hydrogen-bond acceptors (Lipinski definition) is 5. The summed E-state index contributed by atoms with van der Waals surface area (Å²) >= 11 is 0. The molecule has 5 nitrogen and oxygen atoms in total. The Morgan fingerprint density at radius 3 is 2.04 bits per heavy atom. The molecule has 0 spiro atoms. The molecule has 0 bridgehead atoms. The van der Waals surface area contributed by atoms with Gasteiger partial charge in [0.1, 0.15) is 12.2 Å². The molecule has 0 aromatic carbocycles. The normalized spacial score (nSPS) is 34.9. The summed E-state index contributed by atoms with van der Waals surface area (Å²) in [5.41, 5.74) is 0. The molecule has 134 valence electrons. The molecule has 1 heterocycles. The summed E-state index contributed by atoms with van der Waals surface area (Å²) in [7, 11) is 0. The van der Waals surface area contributed by atoms with Crippen molar-refractivity contribution in [1.29, 1.82) is 0 Å². The first kappa shape index (κ1) is 20.1. The topological polar surface area (TPSA) is 87.0 Å². The first-order valence-electron chi connectivity index (χ1n) is 8.93. The molecule has 3 N–H and O–H groups in total. The lowest BCUT2D eigenvalue weighted by Crippen LogP contribution is -2.36. The van der Waals surface area contributed by atoms with Gasteiger partial charge in [-0.2, -0.15) is 0 Å². The van der Waals surface area contributed by atoms with Crippen molar-refractivity contribution in [2.24, 2.45) is 0 Å². The van der Waals surface area contributed by atoms with E-state index in [0.29, 0.717) is 6.42 Å². The van der Waals surface area contributed by atoms with Crippen LogP contribution < -0.4 is 0 Å². The van der Waals surface area contributed by atoms with Crippen molar-refractivity contribution in [1.82, 2.24) is 0 Å². The molecule has 0 radical (unpaired) electrons. The van der Waals surface area contributed by atoms with Crippen LogP contribution in [0.15, 0.2) is 12.2 Å². The van der Waals surface area contributed by atoms with E-state index in [9.17, 15) is 20.1 Å². The van der Waals surface area contributed by atoms with Crippen LogP contribution in [0.5, 0.6) is 0 Å². The minimum atomic E-state index is -1.28. The Kier molecular flexibility index (Phi) is 10.2. The van der Waals surface area contributed by atoms with Gasteiger partial charge in [-0.15, -0.1) is 0 Å². The number of cyclic esters (lactones) is 1. The number of carbonyl (C=O) groups excluding carboxylic acids is 1. The summed E-state index contributed by atoms with van der Waals surface area (Å²) in [6, 6.07) is 0. The molecule has 0 aromatic rings. The van der Waals surface area contributed by atoms with Crippen LogP contribution in [0.2, 0.25) is 0 Å². The second-order valence-corrected chi connectivity index (χ2v) is 6.56. The smallest absolute Gasteiger partial charge is 0.330 e. The highest BCUT2D eigenvalue weighted by molar-refractivity contribution is 5.82. The molecule has 0 saturated carbocycles. The summed E-state index contributed by atoms with van der Waals surface area (Å²) in [6.45, 7) is 1.86. The number of aliphatic hydroxyl groups excluding tert-OH is 3. The summed E-state index contributed by atoms with van der Waals surface area (Å²) in [5.74, 6) is -0.528. The maximum absolute atomic E-state index is 11.7. The Morgan fingerprint density at radius 2 is 1.43 bits per heavy atom. The zero-order valence-electron chi connectivity index (χ0n) is 14.2. The predicted molar refractivity (Wildman–Crippen MR) is 88.9 cm³/mol. The number of ether oxygens (including phenoxy) is 1. The molecule has 1 aliphatic heterocycles. The Balaban J connectivity index is 2.55. The Bertz CT molecular complexity index is 355. The lowest BCUT2D eigenvalue weighted by atomic mass is 10.00. The van der Waals surface area contributed by atoms with Gasteiger partial charge in [0.15, 0.2) is 0 Å².